The molecule has 1 unspecified atom stereocenters. The fraction of sp³-hybridized carbons (Fsp3) is 0.417. The Hall–Kier alpha value is -1.49. The van der Waals surface area contributed by atoms with Gasteiger partial charge in [-0.15, -0.1) is 11.3 Å². The zero-order valence-electron chi connectivity index (χ0n) is 10.3. The van der Waals surface area contributed by atoms with Gasteiger partial charge in [0.05, 0.1) is 28.6 Å². The molecule has 4 nitrogen and oxygen atoms in total. The van der Waals surface area contributed by atoms with Crippen LogP contribution in [0.5, 0.6) is 0 Å². The van der Waals surface area contributed by atoms with E-state index in [0.29, 0.717) is 0 Å². The van der Waals surface area contributed by atoms with E-state index in [2.05, 4.69) is 39.5 Å². The molecule has 0 aromatic carbocycles. The van der Waals surface area contributed by atoms with Crippen molar-refractivity contribution < 1.29 is 0 Å². The van der Waals surface area contributed by atoms with E-state index in [0.717, 1.165) is 23.6 Å². The van der Waals surface area contributed by atoms with Crippen LogP contribution in [0, 0.1) is 6.92 Å². The molecule has 2 heterocycles. The lowest BCUT2D eigenvalue weighted by atomic mass is 10.2. The van der Waals surface area contributed by atoms with Crippen molar-refractivity contribution in [3.8, 4) is 0 Å². The highest BCUT2D eigenvalue weighted by molar-refractivity contribution is 7.09. The lowest BCUT2D eigenvalue weighted by Gasteiger charge is -2.11. The second kappa shape index (κ2) is 5.23. The minimum absolute atomic E-state index is 0.155. The van der Waals surface area contributed by atoms with Crippen LogP contribution >= 0.6 is 11.3 Å². The van der Waals surface area contributed by atoms with Gasteiger partial charge in [0.2, 0.25) is 0 Å². The van der Waals surface area contributed by atoms with Crippen LogP contribution in [-0.4, -0.2) is 15.0 Å². The Kier molecular flexibility index (Phi) is 3.68. The summed E-state index contributed by atoms with van der Waals surface area (Å²) in [5, 5.41) is 6.57. The first kappa shape index (κ1) is 12.0. The molecule has 17 heavy (non-hydrogen) atoms. The molecule has 2 aromatic rings. The van der Waals surface area contributed by atoms with Crippen molar-refractivity contribution in [1.29, 1.82) is 0 Å². The summed E-state index contributed by atoms with van der Waals surface area (Å²) in [5.74, 6) is 0.795. The number of hydrogen-bond donors (Lipinski definition) is 1. The maximum atomic E-state index is 4.56. The Morgan fingerprint density at radius 2 is 2.18 bits per heavy atom. The Bertz CT molecular complexity index is 495. The van der Waals surface area contributed by atoms with E-state index in [-0.39, 0.29) is 6.04 Å². The van der Waals surface area contributed by atoms with Gasteiger partial charge >= 0.3 is 0 Å². The van der Waals surface area contributed by atoms with Crippen LogP contribution in [0.15, 0.2) is 17.8 Å². The van der Waals surface area contributed by atoms with E-state index >= 15 is 0 Å². The smallest absolute Gasteiger partial charge is 0.145 e. The fourth-order valence-electron chi connectivity index (χ4n) is 1.52. The van der Waals surface area contributed by atoms with Gasteiger partial charge in [0, 0.05) is 11.6 Å². The Morgan fingerprint density at radius 1 is 1.35 bits per heavy atom. The zero-order valence-corrected chi connectivity index (χ0v) is 11.1. The van der Waals surface area contributed by atoms with Crippen LogP contribution in [0.25, 0.3) is 0 Å². The van der Waals surface area contributed by atoms with Crippen LogP contribution in [0.2, 0.25) is 0 Å². The van der Waals surface area contributed by atoms with E-state index in [1.165, 1.54) is 5.01 Å². The third-order valence-corrected chi connectivity index (χ3v) is 3.45. The molecule has 0 radical (unpaired) electrons. The van der Waals surface area contributed by atoms with Crippen LogP contribution in [0.1, 0.15) is 36.3 Å². The Balaban J connectivity index is 2.08. The first-order chi connectivity index (χ1) is 8.19. The third-order valence-electron chi connectivity index (χ3n) is 2.43. The van der Waals surface area contributed by atoms with Gasteiger partial charge in [0.15, 0.2) is 0 Å². The quantitative estimate of drug-likeness (QED) is 0.903. The number of nitrogens with one attached hydrogen (secondary N) is 1. The largest absolute Gasteiger partial charge is 0.361 e. The summed E-state index contributed by atoms with van der Waals surface area (Å²) in [6.45, 7) is 6.13. The molecule has 2 rings (SSSR count). The molecule has 0 aliphatic carbocycles. The summed E-state index contributed by atoms with van der Waals surface area (Å²) < 4.78 is 0. The van der Waals surface area contributed by atoms with Crippen LogP contribution in [0.3, 0.4) is 0 Å². The maximum absolute atomic E-state index is 4.56. The van der Waals surface area contributed by atoms with E-state index in [4.69, 9.17) is 0 Å². The van der Waals surface area contributed by atoms with Gasteiger partial charge in [-0.2, -0.15) is 0 Å². The van der Waals surface area contributed by atoms with Gasteiger partial charge in [0.25, 0.3) is 0 Å². The second-order valence-electron chi connectivity index (χ2n) is 3.93. The molecule has 1 N–H and O–H groups in total. The lowest BCUT2D eigenvalue weighted by Crippen LogP contribution is -2.09. The van der Waals surface area contributed by atoms with E-state index < -0.39 is 0 Å². The molecular formula is C12H16N4S. The highest BCUT2D eigenvalue weighted by atomic mass is 32.1. The predicted octanol–water partition coefficient (Wildman–Crippen LogP) is 2.98. The van der Waals surface area contributed by atoms with E-state index in [1.54, 1.807) is 23.7 Å². The Morgan fingerprint density at radius 3 is 2.82 bits per heavy atom. The molecule has 0 fully saturated rings. The van der Waals surface area contributed by atoms with Gasteiger partial charge in [-0.1, -0.05) is 6.92 Å². The molecular weight excluding hydrogens is 232 g/mol. The molecule has 1 atom stereocenters. The minimum atomic E-state index is 0.155. The summed E-state index contributed by atoms with van der Waals surface area (Å²) in [4.78, 5) is 13.0. The first-order valence-corrected chi connectivity index (χ1v) is 6.56. The van der Waals surface area contributed by atoms with Crippen molar-refractivity contribution in [2.75, 3.05) is 5.32 Å². The first-order valence-electron chi connectivity index (χ1n) is 5.68. The maximum Gasteiger partial charge on any atom is 0.145 e. The zero-order chi connectivity index (χ0) is 12.3. The van der Waals surface area contributed by atoms with Gasteiger partial charge in [-0.25, -0.2) is 9.97 Å². The van der Waals surface area contributed by atoms with Crippen LogP contribution in [0.4, 0.5) is 5.82 Å². The predicted molar refractivity (Wildman–Crippen MR) is 70.3 cm³/mol. The van der Waals surface area contributed by atoms with Gasteiger partial charge in [0.1, 0.15) is 5.82 Å². The summed E-state index contributed by atoms with van der Waals surface area (Å²) in [7, 11) is 0. The summed E-state index contributed by atoms with van der Waals surface area (Å²) in [6, 6.07) is 0.155. The summed E-state index contributed by atoms with van der Waals surface area (Å²) >= 11 is 1.70. The molecule has 0 bridgehead atoms. The number of rotatable bonds is 4. The standard InChI is InChI=1S/C12H16N4S/c1-4-12-16-10(7-17-12)9(3)15-11-6-13-5-8(2)14-11/h5-7,9H,4H2,1-3H3,(H,14,15). The van der Waals surface area contributed by atoms with Crippen molar-refractivity contribution >= 4 is 17.2 Å². The lowest BCUT2D eigenvalue weighted by molar-refractivity contribution is 0.828. The second-order valence-corrected chi connectivity index (χ2v) is 4.87. The number of nitrogens with zero attached hydrogens (tertiary/aromatic N) is 3. The number of aryl methyl sites for hydroxylation is 2. The normalized spacial score (nSPS) is 12.4. The molecule has 0 saturated carbocycles. The SMILES string of the molecule is CCc1nc(C(C)Nc2cncc(C)n2)cs1. The molecule has 0 aliphatic rings. The van der Waals surface area contributed by atoms with Crippen molar-refractivity contribution in [3.63, 3.8) is 0 Å². The molecule has 2 aromatic heterocycles. The summed E-state index contributed by atoms with van der Waals surface area (Å²) in [6.07, 6.45) is 4.46. The Labute approximate surface area is 105 Å². The van der Waals surface area contributed by atoms with Crippen molar-refractivity contribution in [2.45, 2.75) is 33.2 Å². The highest BCUT2D eigenvalue weighted by Crippen LogP contribution is 2.20. The van der Waals surface area contributed by atoms with Gasteiger partial charge in [-0.05, 0) is 20.3 Å². The molecule has 0 aliphatic heterocycles. The van der Waals surface area contributed by atoms with Crippen molar-refractivity contribution in [1.82, 2.24) is 15.0 Å². The highest BCUT2D eigenvalue weighted by Gasteiger charge is 2.10. The molecule has 0 amide bonds. The van der Waals surface area contributed by atoms with Crippen LogP contribution < -0.4 is 5.32 Å². The average molecular weight is 248 g/mol. The van der Waals surface area contributed by atoms with E-state index in [1.807, 2.05) is 6.92 Å². The van der Waals surface area contributed by atoms with Crippen molar-refractivity contribution in [2.24, 2.45) is 0 Å². The average Bonchev–Trinajstić information content (AvgIpc) is 2.77. The molecule has 90 valence electrons. The fourth-order valence-corrected chi connectivity index (χ4v) is 2.35. The number of hydrogen-bond acceptors (Lipinski definition) is 5. The monoisotopic (exact) mass is 248 g/mol. The number of aromatic nitrogens is 3. The number of anilines is 1. The molecule has 5 heteroatoms. The number of thiazole rings is 1. The van der Waals surface area contributed by atoms with Gasteiger partial charge in [-0.3, -0.25) is 4.98 Å². The molecule has 0 saturated heterocycles. The van der Waals surface area contributed by atoms with Crippen LogP contribution in [-0.2, 0) is 6.42 Å². The molecule has 0 spiro atoms. The third kappa shape index (κ3) is 3.00. The summed E-state index contributed by atoms with van der Waals surface area (Å²) in [5.41, 5.74) is 1.98. The topological polar surface area (TPSA) is 50.7 Å². The van der Waals surface area contributed by atoms with Crippen molar-refractivity contribution in [3.05, 3.63) is 34.2 Å². The van der Waals surface area contributed by atoms with Gasteiger partial charge < -0.3 is 5.32 Å². The van der Waals surface area contributed by atoms with E-state index in [9.17, 15) is 0 Å². The minimum Gasteiger partial charge on any atom is -0.361 e.